The summed E-state index contributed by atoms with van der Waals surface area (Å²) in [4.78, 5) is 4.39. The highest BCUT2D eigenvalue weighted by molar-refractivity contribution is 7.89. The summed E-state index contributed by atoms with van der Waals surface area (Å²) in [5.41, 5.74) is 5.63. The second-order valence-electron chi connectivity index (χ2n) is 5.61. The van der Waals surface area contributed by atoms with Crippen molar-refractivity contribution < 1.29 is 8.42 Å². The SMILES string of the molecule is CCCCCCN(CCN)S(=O)(=O)c1cccc2cnccc12.Cl. The standard InChI is InChI=1S/C17H25N3O2S.ClH/c1-2-3-4-5-12-20(13-10-18)23(21,22)17-8-6-7-15-14-19-11-9-16(15)17;/h6-9,11,14H,2-5,10,12-13,18H2,1H3;1H. The maximum Gasteiger partial charge on any atom is 0.243 e. The van der Waals surface area contributed by atoms with E-state index in [2.05, 4.69) is 11.9 Å². The Morgan fingerprint density at radius 3 is 2.62 bits per heavy atom. The van der Waals surface area contributed by atoms with Crippen molar-refractivity contribution >= 4 is 33.2 Å². The maximum absolute atomic E-state index is 13.0. The van der Waals surface area contributed by atoms with Crippen LogP contribution in [-0.2, 0) is 10.0 Å². The molecule has 0 amide bonds. The van der Waals surface area contributed by atoms with Crippen molar-refractivity contribution in [3.8, 4) is 0 Å². The molecule has 0 radical (unpaired) electrons. The van der Waals surface area contributed by atoms with E-state index < -0.39 is 10.0 Å². The number of halogens is 1. The molecule has 1 aromatic heterocycles. The number of pyridine rings is 1. The van der Waals surface area contributed by atoms with Crippen LogP contribution in [0.4, 0.5) is 0 Å². The number of unbranched alkanes of at least 4 members (excludes halogenated alkanes) is 3. The molecular weight excluding hydrogens is 346 g/mol. The lowest BCUT2D eigenvalue weighted by molar-refractivity contribution is 0.405. The van der Waals surface area contributed by atoms with Crippen LogP contribution in [0, 0.1) is 0 Å². The zero-order chi connectivity index (χ0) is 16.7. The highest BCUT2D eigenvalue weighted by Crippen LogP contribution is 2.25. The molecule has 0 saturated heterocycles. The van der Waals surface area contributed by atoms with Gasteiger partial charge in [0.05, 0.1) is 4.90 Å². The van der Waals surface area contributed by atoms with Crippen LogP contribution in [0.3, 0.4) is 0 Å². The fraction of sp³-hybridized carbons (Fsp3) is 0.471. The number of nitrogens with zero attached hydrogens (tertiary/aromatic N) is 2. The van der Waals surface area contributed by atoms with Gasteiger partial charge in [0.1, 0.15) is 0 Å². The van der Waals surface area contributed by atoms with Gasteiger partial charge in [-0.05, 0) is 18.6 Å². The Morgan fingerprint density at radius 2 is 1.92 bits per heavy atom. The molecule has 0 aliphatic rings. The second kappa shape index (κ2) is 9.93. The number of hydrogen-bond acceptors (Lipinski definition) is 4. The van der Waals surface area contributed by atoms with Gasteiger partial charge in [0.25, 0.3) is 0 Å². The van der Waals surface area contributed by atoms with Crippen LogP contribution in [0.25, 0.3) is 10.8 Å². The monoisotopic (exact) mass is 371 g/mol. The Kier molecular flexibility index (Phi) is 8.62. The molecule has 0 atom stereocenters. The third kappa shape index (κ3) is 4.89. The Labute approximate surface area is 150 Å². The number of rotatable bonds is 9. The quantitative estimate of drug-likeness (QED) is 0.687. The lowest BCUT2D eigenvalue weighted by Gasteiger charge is -2.22. The molecule has 1 aromatic carbocycles. The molecule has 0 fully saturated rings. The number of sulfonamides is 1. The molecule has 0 unspecified atom stereocenters. The zero-order valence-corrected chi connectivity index (χ0v) is 15.7. The summed E-state index contributed by atoms with van der Waals surface area (Å²) < 4.78 is 27.6. The fourth-order valence-corrected chi connectivity index (χ4v) is 4.38. The van der Waals surface area contributed by atoms with Gasteiger partial charge >= 0.3 is 0 Å². The lowest BCUT2D eigenvalue weighted by Crippen LogP contribution is -2.36. The molecule has 0 aliphatic heterocycles. The molecule has 0 bridgehead atoms. The van der Waals surface area contributed by atoms with Crippen LogP contribution in [0.1, 0.15) is 32.6 Å². The number of aromatic nitrogens is 1. The summed E-state index contributed by atoms with van der Waals surface area (Å²) >= 11 is 0. The van der Waals surface area contributed by atoms with Gasteiger partial charge in [-0.15, -0.1) is 12.4 Å². The molecule has 24 heavy (non-hydrogen) atoms. The third-order valence-corrected chi connectivity index (χ3v) is 5.85. The highest BCUT2D eigenvalue weighted by atomic mass is 35.5. The van der Waals surface area contributed by atoms with E-state index in [1.165, 1.54) is 4.31 Å². The Hall–Kier alpha value is -1.21. The van der Waals surface area contributed by atoms with E-state index in [-0.39, 0.29) is 12.4 Å². The topological polar surface area (TPSA) is 76.3 Å². The molecule has 2 rings (SSSR count). The van der Waals surface area contributed by atoms with Crippen LogP contribution < -0.4 is 5.73 Å². The van der Waals surface area contributed by atoms with E-state index in [1.807, 2.05) is 6.07 Å². The molecule has 0 aliphatic carbocycles. The lowest BCUT2D eigenvalue weighted by atomic mass is 10.2. The first kappa shape index (κ1) is 20.8. The molecule has 5 nitrogen and oxygen atoms in total. The molecule has 0 spiro atoms. The van der Waals surface area contributed by atoms with E-state index in [1.54, 1.807) is 30.6 Å². The van der Waals surface area contributed by atoms with Crippen molar-refractivity contribution in [2.45, 2.75) is 37.5 Å². The number of nitrogens with two attached hydrogens (primary N) is 1. The molecule has 2 N–H and O–H groups in total. The number of fused-ring (bicyclic) bond motifs is 1. The van der Waals surface area contributed by atoms with Gasteiger partial charge in [-0.2, -0.15) is 4.31 Å². The molecule has 0 saturated carbocycles. The van der Waals surface area contributed by atoms with Gasteiger partial charge in [0.15, 0.2) is 0 Å². The van der Waals surface area contributed by atoms with E-state index in [0.29, 0.717) is 29.9 Å². The normalized spacial score (nSPS) is 11.6. The van der Waals surface area contributed by atoms with Gasteiger partial charge in [-0.3, -0.25) is 4.98 Å². The summed E-state index contributed by atoms with van der Waals surface area (Å²) in [6.45, 7) is 3.31. The van der Waals surface area contributed by atoms with E-state index in [9.17, 15) is 8.42 Å². The van der Waals surface area contributed by atoms with Crippen molar-refractivity contribution in [3.63, 3.8) is 0 Å². The third-order valence-electron chi connectivity index (χ3n) is 3.90. The Balaban J connectivity index is 0.00000288. The van der Waals surface area contributed by atoms with E-state index >= 15 is 0 Å². The first-order chi connectivity index (χ1) is 11.1. The first-order valence-corrected chi connectivity index (χ1v) is 9.58. The van der Waals surface area contributed by atoms with Crippen molar-refractivity contribution in [1.82, 2.24) is 9.29 Å². The van der Waals surface area contributed by atoms with Crippen molar-refractivity contribution in [2.75, 3.05) is 19.6 Å². The predicted octanol–water partition coefficient (Wildman–Crippen LogP) is 3.19. The van der Waals surface area contributed by atoms with Crippen LogP contribution in [0.5, 0.6) is 0 Å². The number of benzene rings is 1. The summed E-state index contributed by atoms with van der Waals surface area (Å²) in [7, 11) is -3.55. The smallest absolute Gasteiger partial charge is 0.243 e. The van der Waals surface area contributed by atoms with Crippen molar-refractivity contribution in [3.05, 3.63) is 36.7 Å². The molecule has 2 aromatic rings. The summed E-state index contributed by atoms with van der Waals surface area (Å²) in [6, 6.07) is 7.04. The summed E-state index contributed by atoms with van der Waals surface area (Å²) in [5, 5.41) is 1.53. The minimum atomic E-state index is -3.55. The van der Waals surface area contributed by atoms with Crippen LogP contribution in [-0.4, -0.2) is 37.3 Å². The summed E-state index contributed by atoms with van der Waals surface area (Å²) in [5.74, 6) is 0. The average Bonchev–Trinajstić information content (AvgIpc) is 2.57. The van der Waals surface area contributed by atoms with Gasteiger partial charge in [-0.25, -0.2) is 8.42 Å². The molecule has 7 heteroatoms. The van der Waals surface area contributed by atoms with Gasteiger partial charge in [0.2, 0.25) is 10.0 Å². The highest BCUT2D eigenvalue weighted by Gasteiger charge is 2.25. The van der Waals surface area contributed by atoms with Crippen molar-refractivity contribution in [1.29, 1.82) is 0 Å². The van der Waals surface area contributed by atoms with Crippen LogP contribution in [0.2, 0.25) is 0 Å². The van der Waals surface area contributed by atoms with Crippen LogP contribution in [0.15, 0.2) is 41.6 Å². The summed E-state index contributed by atoms with van der Waals surface area (Å²) in [6.07, 6.45) is 7.45. The second-order valence-corrected chi connectivity index (χ2v) is 7.51. The van der Waals surface area contributed by atoms with Crippen LogP contribution >= 0.6 is 12.4 Å². The van der Waals surface area contributed by atoms with Gasteiger partial charge < -0.3 is 5.73 Å². The number of hydrogen-bond donors (Lipinski definition) is 1. The first-order valence-electron chi connectivity index (χ1n) is 8.14. The molecular formula is C17H26ClN3O2S. The van der Waals surface area contributed by atoms with E-state index in [4.69, 9.17) is 5.73 Å². The van der Waals surface area contributed by atoms with Crippen molar-refractivity contribution in [2.24, 2.45) is 5.73 Å². The minimum absolute atomic E-state index is 0. The van der Waals surface area contributed by atoms with Gasteiger partial charge in [0, 0.05) is 42.8 Å². The maximum atomic E-state index is 13.0. The fourth-order valence-electron chi connectivity index (χ4n) is 2.67. The van der Waals surface area contributed by atoms with E-state index in [0.717, 1.165) is 31.1 Å². The Bertz CT molecular complexity index is 732. The zero-order valence-electron chi connectivity index (χ0n) is 14.0. The predicted molar refractivity (Wildman–Crippen MR) is 101 cm³/mol. The minimum Gasteiger partial charge on any atom is -0.329 e. The molecule has 134 valence electrons. The van der Waals surface area contributed by atoms with Gasteiger partial charge in [-0.1, -0.05) is 38.3 Å². The molecule has 1 heterocycles. The largest absolute Gasteiger partial charge is 0.329 e. The Morgan fingerprint density at radius 1 is 1.12 bits per heavy atom. The average molecular weight is 372 g/mol.